The normalized spacial score (nSPS) is 11.4. The summed E-state index contributed by atoms with van der Waals surface area (Å²) in [5, 5.41) is 8.61. The Hall–Kier alpha value is -2.16. The minimum Gasteiger partial charge on any atom is -0.464 e. The molecule has 1 aromatic heterocycles. The summed E-state index contributed by atoms with van der Waals surface area (Å²) < 4.78 is 4.52. The SMILES string of the molecule is COC(=O)c1cnc(N(C)C(C)CC#N)cn1. The van der Waals surface area contributed by atoms with Crippen molar-refractivity contribution >= 4 is 11.8 Å². The number of aromatic nitrogens is 2. The van der Waals surface area contributed by atoms with E-state index in [1.54, 1.807) is 0 Å². The largest absolute Gasteiger partial charge is 0.464 e. The maximum absolute atomic E-state index is 11.1. The van der Waals surface area contributed by atoms with E-state index in [1.807, 2.05) is 18.9 Å². The Morgan fingerprint density at radius 2 is 2.29 bits per heavy atom. The van der Waals surface area contributed by atoms with Gasteiger partial charge < -0.3 is 9.64 Å². The highest BCUT2D eigenvalue weighted by molar-refractivity contribution is 5.86. The first-order chi connectivity index (χ1) is 8.10. The molecule has 0 aliphatic rings. The molecular formula is C11H14N4O2. The summed E-state index contributed by atoms with van der Waals surface area (Å²) in [7, 11) is 3.11. The third-order valence-electron chi connectivity index (χ3n) is 2.44. The van der Waals surface area contributed by atoms with E-state index in [0.29, 0.717) is 12.2 Å². The van der Waals surface area contributed by atoms with E-state index in [4.69, 9.17) is 5.26 Å². The van der Waals surface area contributed by atoms with Gasteiger partial charge in [-0.3, -0.25) is 0 Å². The van der Waals surface area contributed by atoms with Gasteiger partial charge >= 0.3 is 5.97 Å². The number of carbonyl (C=O) groups is 1. The van der Waals surface area contributed by atoms with Crippen molar-refractivity contribution < 1.29 is 9.53 Å². The van der Waals surface area contributed by atoms with Crippen molar-refractivity contribution in [3.63, 3.8) is 0 Å². The first kappa shape index (κ1) is 12.9. The quantitative estimate of drug-likeness (QED) is 0.723. The summed E-state index contributed by atoms with van der Waals surface area (Å²) in [5.41, 5.74) is 0.164. The summed E-state index contributed by atoms with van der Waals surface area (Å²) >= 11 is 0. The zero-order valence-corrected chi connectivity index (χ0v) is 10.0. The van der Waals surface area contributed by atoms with Gasteiger partial charge in [0.2, 0.25) is 0 Å². The lowest BCUT2D eigenvalue weighted by atomic mass is 10.2. The highest BCUT2D eigenvalue weighted by Crippen LogP contribution is 2.12. The first-order valence-corrected chi connectivity index (χ1v) is 5.10. The van der Waals surface area contributed by atoms with Gasteiger partial charge in [0, 0.05) is 13.1 Å². The lowest BCUT2D eigenvalue weighted by molar-refractivity contribution is 0.0593. The molecule has 1 aromatic rings. The van der Waals surface area contributed by atoms with Crippen LogP contribution in [0.25, 0.3) is 0 Å². The van der Waals surface area contributed by atoms with Crippen LogP contribution in [-0.4, -0.2) is 36.1 Å². The maximum atomic E-state index is 11.1. The van der Waals surface area contributed by atoms with Crippen LogP contribution in [0.4, 0.5) is 5.82 Å². The molecule has 1 unspecified atom stereocenters. The Bertz CT molecular complexity index is 424. The molecule has 0 saturated heterocycles. The lowest BCUT2D eigenvalue weighted by Crippen LogP contribution is -2.29. The number of nitrogens with zero attached hydrogens (tertiary/aromatic N) is 4. The lowest BCUT2D eigenvalue weighted by Gasteiger charge is -2.23. The molecule has 0 aromatic carbocycles. The van der Waals surface area contributed by atoms with E-state index in [9.17, 15) is 4.79 Å². The molecule has 0 spiro atoms. The maximum Gasteiger partial charge on any atom is 0.358 e. The van der Waals surface area contributed by atoms with Gasteiger partial charge in [-0.15, -0.1) is 0 Å². The number of rotatable bonds is 4. The van der Waals surface area contributed by atoms with Crippen LogP contribution in [0.15, 0.2) is 12.4 Å². The Labute approximate surface area is 99.9 Å². The Morgan fingerprint density at radius 1 is 1.59 bits per heavy atom. The van der Waals surface area contributed by atoms with E-state index < -0.39 is 5.97 Å². The smallest absolute Gasteiger partial charge is 0.358 e. The number of nitriles is 1. The number of anilines is 1. The molecule has 1 heterocycles. The molecule has 6 nitrogen and oxygen atoms in total. The molecule has 0 bridgehead atoms. The van der Waals surface area contributed by atoms with Crippen LogP contribution in [0, 0.1) is 11.3 Å². The number of hydrogen-bond donors (Lipinski definition) is 0. The van der Waals surface area contributed by atoms with Crippen molar-refractivity contribution in [2.24, 2.45) is 0 Å². The summed E-state index contributed by atoms with van der Waals surface area (Å²) in [5.74, 6) is 0.0946. The third kappa shape index (κ3) is 3.14. The second kappa shape index (κ2) is 5.80. The van der Waals surface area contributed by atoms with Crippen molar-refractivity contribution in [2.75, 3.05) is 19.1 Å². The van der Waals surface area contributed by atoms with Crippen molar-refractivity contribution in [2.45, 2.75) is 19.4 Å². The van der Waals surface area contributed by atoms with Crippen LogP contribution in [0.2, 0.25) is 0 Å². The number of ether oxygens (including phenoxy) is 1. The monoisotopic (exact) mass is 234 g/mol. The average molecular weight is 234 g/mol. The van der Waals surface area contributed by atoms with E-state index in [-0.39, 0.29) is 11.7 Å². The Kier molecular flexibility index (Phi) is 4.40. The minimum atomic E-state index is -0.517. The third-order valence-corrected chi connectivity index (χ3v) is 2.44. The van der Waals surface area contributed by atoms with Crippen molar-refractivity contribution in [3.8, 4) is 6.07 Å². The molecule has 1 atom stereocenters. The summed E-state index contributed by atoms with van der Waals surface area (Å²) in [6.07, 6.45) is 3.24. The molecular weight excluding hydrogens is 220 g/mol. The zero-order chi connectivity index (χ0) is 12.8. The molecule has 1 rings (SSSR count). The van der Waals surface area contributed by atoms with E-state index in [0.717, 1.165) is 0 Å². The van der Waals surface area contributed by atoms with E-state index in [1.165, 1.54) is 19.5 Å². The topological polar surface area (TPSA) is 79.1 Å². The molecule has 0 aliphatic heterocycles. The first-order valence-electron chi connectivity index (χ1n) is 5.10. The molecule has 0 fully saturated rings. The minimum absolute atomic E-state index is 0.0401. The van der Waals surface area contributed by atoms with Gasteiger partial charge in [0.25, 0.3) is 0 Å². The molecule has 0 aliphatic carbocycles. The number of esters is 1. The molecule has 6 heteroatoms. The molecule has 0 N–H and O–H groups in total. The molecule has 17 heavy (non-hydrogen) atoms. The van der Waals surface area contributed by atoms with Gasteiger partial charge in [-0.05, 0) is 6.92 Å². The van der Waals surface area contributed by atoms with Gasteiger partial charge in [0.05, 0.1) is 32.0 Å². The summed E-state index contributed by atoms with van der Waals surface area (Å²) in [4.78, 5) is 21.0. The second-order valence-electron chi connectivity index (χ2n) is 3.57. The summed E-state index contributed by atoms with van der Waals surface area (Å²) in [6, 6.07) is 2.13. The van der Waals surface area contributed by atoms with Gasteiger partial charge in [-0.2, -0.15) is 5.26 Å². The fourth-order valence-corrected chi connectivity index (χ4v) is 1.21. The van der Waals surface area contributed by atoms with Gasteiger partial charge in [0.1, 0.15) is 5.82 Å². The van der Waals surface area contributed by atoms with Crippen molar-refractivity contribution in [3.05, 3.63) is 18.1 Å². The molecule has 0 amide bonds. The molecule has 0 saturated carbocycles. The van der Waals surface area contributed by atoms with Crippen molar-refractivity contribution in [1.29, 1.82) is 5.26 Å². The highest BCUT2D eigenvalue weighted by atomic mass is 16.5. The van der Waals surface area contributed by atoms with Crippen LogP contribution in [0.3, 0.4) is 0 Å². The molecule has 0 radical (unpaired) electrons. The highest BCUT2D eigenvalue weighted by Gasteiger charge is 2.13. The van der Waals surface area contributed by atoms with Gasteiger partial charge in [-0.25, -0.2) is 14.8 Å². The summed E-state index contributed by atoms with van der Waals surface area (Å²) in [6.45, 7) is 1.92. The predicted molar refractivity (Wildman–Crippen MR) is 61.5 cm³/mol. The van der Waals surface area contributed by atoms with E-state index in [2.05, 4.69) is 20.8 Å². The molecule has 90 valence electrons. The number of methoxy groups -OCH3 is 1. The standard InChI is InChI=1S/C11H14N4O2/c1-8(4-5-12)15(2)10-7-13-9(6-14-10)11(16)17-3/h6-8H,4H2,1-3H3. The fraction of sp³-hybridized carbons (Fsp3) is 0.455. The second-order valence-corrected chi connectivity index (χ2v) is 3.57. The van der Waals surface area contributed by atoms with Crippen LogP contribution >= 0.6 is 0 Å². The Morgan fingerprint density at radius 3 is 2.76 bits per heavy atom. The Balaban J connectivity index is 2.81. The van der Waals surface area contributed by atoms with Crippen LogP contribution < -0.4 is 4.90 Å². The average Bonchev–Trinajstić information content (AvgIpc) is 2.37. The predicted octanol–water partition coefficient (Wildman–Crippen LogP) is 1.00. The van der Waals surface area contributed by atoms with Crippen molar-refractivity contribution in [1.82, 2.24) is 9.97 Å². The fourth-order valence-electron chi connectivity index (χ4n) is 1.21. The zero-order valence-electron chi connectivity index (χ0n) is 10.0. The van der Waals surface area contributed by atoms with E-state index >= 15 is 0 Å². The van der Waals surface area contributed by atoms with Crippen LogP contribution in [0.5, 0.6) is 0 Å². The van der Waals surface area contributed by atoms with Gasteiger partial charge in [-0.1, -0.05) is 0 Å². The number of hydrogen-bond acceptors (Lipinski definition) is 6. The van der Waals surface area contributed by atoms with Crippen LogP contribution in [-0.2, 0) is 4.74 Å². The number of carbonyl (C=O) groups excluding carboxylic acids is 1. The van der Waals surface area contributed by atoms with Crippen LogP contribution in [0.1, 0.15) is 23.8 Å². The van der Waals surface area contributed by atoms with Gasteiger partial charge in [0.15, 0.2) is 5.69 Å².